The molecule has 2 atom stereocenters. The first-order chi connectivity index (χ1) is 6.13. The maximum atomic E-state index is 9.84. The molecule has 0 unspecified atom stereocenters. The van der Waals surface area contributed by atoms with Gasteiger partial charge in [-0.25, -0.2) is 5.01 Å². The minimum absolute atomic E-state index is 0.0811. The molecule has 0 saturated carbocycles. The van der Waals surface area contributed by atoms with Gasteiger partial charge in [0.15, 0.2) is 0 Å². The Labute approximate surface area is 78.8 Å². The Morgan fingerprint density at radius 3 is 2.31 bits per heavy atom. The normalized spacial score (nSPS) is 15.8. The molecule has 3 nitrogen and oxygen atoms in total. The minimum Gasteiger partial charge on any atom is -0.387 e. The van der Waals surface area contributed by atoms with Gasteiger partial charge in [-0.15, -0.1) is 0 Å². The van der Waals surface area contributed by atoms with Crippen LogP contribution in [0.25, 0.3) is 0 Å². The molecule has 3 heteroatoms. The Morgan fingerprint density at radius 2 is 1.85 bits per heavy atom. The van der Waals surface area contributed by atoms with E-state index in [1.165, 1.54) is 5.01 Å². The molecule has 1 rings (SSSR count). The monoisotopic (exact) mass is 180 g/mol. The van der Waals surface area contributed by atoms with Crippen LogP contribution >= 0.6 is 0 Å². The maximum absolute atomic E-state index is 9.84. The Morgan fingerprint density at radius 1 is 1.31 bits per heavy atom. The first-order valence-electron chi connectivity index (χ1n) is 4.33. The van der Waals surface area contributed by atoms with Gasteiger partial charge in [0.05, 0.1) is 12.1 Å². The number of aliphatic hydroxyl groups excluding tert-OH is 1. The summed E-state index contributed by atoms with van der Waals surface area (Å²) in [5.74, 6) is 5.55. The van der Waals surface area contributed by atoms with Crippen molar-refractivity contribution in [3.05, 3.63) is 35.9 Å². The van der Waals surface area contributed by atoms with Crippen LogP contribution in [0, 0.1) is 0 Å². The fourth-order valence-electron chi connectivity index (χ4n) is 1.15. The maximum Gasteiger partial charge on any atom is 0.0956 e. The van der Waals surface area contributed by atoms with Gasteiger partial charge in [0, 0.05) is 7.05 Å². The van der Waals surface area contributed by atoms with E-state index in [1.54, 1.807) is 7.05 Å². The first-order valence-corrected chi connectivity index (χ1v) is 4.33. The number of rotatable bonds is 3. The molecule has 0 aliphatic heterocycles. The topological polar surface area (TPSA) is 49.5 Å². The van der Waals surface area contributed by atoms with Crippen molar-refractivity contribution >= 4 is 0 Å². The van der Waals surface area contributed by atoms with E-state index in [2.05, 4.69) is 0 Å². The van der Waals surface area contributed by atoms with Crippen molar-refractivity contribution in [2.24, 2.45) is 5.84 Å². The lowest BCUT2D eigenvalue weighted by Crippen LogP contribution is -2.39. The molecule has 0 radical (unpaired) electrons. The molecule has 0 amide bonds. The highest BCUT2D eigenvalue weighted by Crippen LogP contribution is 2.17. The average molecular weight is 180 g/mol. The van der Waals surface area contributed by atoms with Crippen LogP contribution in [0.4, 0.5) is 0 Å². The van der Waals surface area contributed by atoms with Gasteiger partial charge in [-0.2, -0.15) is 0 Å². The zero-order valence-corrected chi connectivity index (χ0v) is 8.01. The van der Waals surface area contributed by atoms with Gasteiger partial charge in [-0.3, -0.25) is 5.84 Å². The summed E-state index contributed by atoms with van der Waals surface area (Å²) in [7, 11) is 1.75. The Hall–Kier alpha value is -0.900. The summed E-state index contributed by atoms with van der Waals surface area (Å²) in [6.07, 6.45) is -0.531. The Kier molecular flexibility index (Phi) is 3.42. The molecule has 0 saturated heterocycles. The summed E-state index contributed by atoms with van der Waals surface area (Å²) in [6.45, 7) is 1.89. The lowest BCUT2D eigenvalue weighted by atomic mass is 10.0. The summed E-state index contributed by atoms with van der Waals surface area (Å²) in [5.41, 5.74) is 0.896. The first kappa shape index (κ1) is 10.2. The van der Waals surface area contributed by atoms with Crippen LogP contribution in [-0.2, 0) is 0 Å². The van der Waals surface area contributed by atoms with Crippen molar-refractivity contribution in [2.75, 3.05) is 7.05 Å². The van der Waals surface area contributed by atoms with Crippen LogP contribution in [0.5, 0.6) is 0 Å². The molecule has 13 heavy (non-hydrogen) atoms. The van der Waals surface area contributed by atoms with Crippen LogP contribution in [0.15, 0.2) is 30.3 Å². The number of hydrogen-bond donors (Lipinski definition) is 2. The predicted octanol–water partition coefficient (Wildman–Crippen LogP) is 0.914. The van der Waals surface area contributed by atoms with E-state index in [0.29, 0.717) is 0 Å². The van der Waals surface area contributed by atoms with E-state index in [9.17, 15) is 5.11 Å². The number of nitrogens with zero attached hydrogens (tertiary/aromatic N) is 1. The minimum atomic E-state index is -0.531. The van der Waals surface area contributed by atoms with Gasteiger partial charge >= 0.3 is 0 Å². The quantitative estimate of drug-likeness (QED) is 0.537. The molecular weight excluding hydrogens is 164 g/mol. The molecule has 0 spiro atoms. The molecule has 0 aliphatic rings. The van der Waals surface area contributed by atoms with E-state index >= 15 is 0 Å². The third kappa shape index (κ3) is 2.52. The van der Waals surface area contributed by atoms with Crippen molar-refractivity contribution in [1.29, 1.82) is 0 Å². The number of aliphatic hydroxyl groups is 1. The highest BCUT2D eigenvalue weighted by molar-refractivity contribution is 5.18. The standard InChI is InChI=1S/C10H16N2O/c1-8(12(2)11)10(13)9-6-4-3-5-7-9/h3-8,10,13H,11H2,1-2H3/t8-,10+/m0/s1. The lowest BCUT2D eigenvalue weighted by Gasteiger charge is -2.24. The molecule has 0 aromatic heterocycles. The van der Waals surface area contributed by atoms with Crippen molar-refractivity contribution in [1.82, 2.24) is 5.01 Å². The van der Waals surface area contributed by atoms with Gasteiger partial charge < -0.3 is 5.11 Å². The molecule has 0 fully saturated rings. The van der Waals surface area contributed by atoms with Crippen molar-refractivity contribution in [3.63, 3.8) is 0 Å². The van der Waals surface area contributed by atoms with Crippen LogP contribution in [-0.4, -0.2) is 23.2 Å². The third-order valence-electron chi connectivity index (χ3n) is 2.24. The van der Waals surface area contributed by atoms with Crippen LogP contribution in [0.2, 0.25) is 0 Å². The van der Waals surface area contributed by atoms with Gasteiger partial charge in [-0.05, 0) is 12.5 Å². The fraction of sp³-hybridized carbons (Fsp3) is 0.400. The molecule has 1 aromatic carbocycles. The van der Waals surface area contributed by atoms with Crippen LogP contribution in [0.1, 0.15) is 18.6 Å². The number of hydrogen-bond acceptors (Lipinski definition) is 3. The third-order valence-corrected chi connectivity index (χ3v) is 2.24. The van der Waals surface area contributed by atoms with Crippen molar-refractivity contribution < 1.29 is 5.11 Å². The van der Waals surface area contributed by atoms with Gasteiger partial charge in [0.1, 0.15) is 0 Å². The second-order valence-corrected chi connectivity index (χ2v) is 3.26. The molecule has 1 aromatic rings. The summed E-state index contributed by atoms with van der Waals surface area (Å²) < 4.78 is 0. The molecular formula is C10H16N2O. The summed E-state index contributed by atoms with van der Waals surface area (Å²) >= 11 is 0. The van der Waals surface area contributed by atoms with Crippen LogP contribution in [0.3, 0.4) is 0 Å². The van der Waals surface area contributed by atoms with Crippen molar-refractivity contribution in [2.45, 2.75) is 19.1 Å². The smallest absolute Gasteiger partial charge is 0.0956 e. The molecule has 0 aliphatic carbocycles. The molecule has 0 bridgehead atoms. The number of nitrogens with two attached hydrogens (primary N) is 1. The second-order valence-electron chi connectivity index (χ2n) is 3.26. The van der Waals surface area contributed by atoms with E-state index in [4.69, 9.17) is 5.84 Å². The zero-order valence-electron chi connectivity index (χ0n) is 8.01. The van der Waals surface area contributed by atoms with Gasteiger partial charge in [0.2, 0.25) is 0 Å². The second kappa shape index (κ2) is 4.37. The van der Waals surface area contributed by atoms with Crippen molar-refractivity contribution in [3.8, 4) is 0 Å². The number of likely N-dealkylation sites (N-methyl/N-ethyl adjacent to an activating group) is 1. The molecule has 0 heterocycles. The molecule has 3 N–H and O–H groups in total. The average Bonchev–Trinajstić information content (AvgIpc) is 2.17. The predicted molar refractivity (Wildman–Crippen MR) is 52.8 cm³/mol. The van der Waals surface area contributed by atoms with Crippen LogP contribution < -0.4 is 5.84 Å². The lowest BCUT2D eigenvalue weighted by molar-refractivity contribution is 0.0729. The fourth-order valence-corrected chi connectivity index (χ4v) is 1.15. The van der Waals surface area contributed by atoms with E-state index in [0.717, 1.165) is 5.56 Å². The Balaban J connectivity index is 2.73. The number of hydrazine groups is 1. The molecule has 72 valence electrons. The SMILES string of the molecule is C[C@@H]([C@@H](O)c1ccccc1)N(C)N. The highest BCUT2D eigenvalue weighted by Gasteiger charge is 2.17. The van der Waals surface area contributed by atoms with Gasteiger partial charge in [0.25, 0.3) is 0 Å². The summed E-state index contributed by atoms with van der Waals surface area (Å²) in [5, 5.41) is 11.3. The Bertz CT molecular complexity index is 248. The van der Waals surface area contributed by atoms with E-state index in [-0.39, 0.29) is 6.04 Å². The summed E-state index contributed by atoms with van der Waals surface area (Å²) in [6, 6.07) is 9.44. The highest BCUT2D eigenvalue weighted by atomic mass is 16.3. The van der Waals surface area contributed by atoms with E-state index < -0.39 is 6.10 Å². The largest absolute Gasteiger partial charge is 0.387 e. The summed E-state index contributed by atoms with van der Waals surface area (Å²) in [4.78, 5) is 0. The number of benzene rings is 1. The van der Waals surface area contributed by atoms with Gasteiger partial charge in [-0.1, -0.05) is 30.3 Å². The zero-order chi connectivity index (χ0) is 9.84. The van der Waals surface area contributed by atoms with E-state index in [1.807, 2.05) is 37.3 Å².